The Morgan fingerprint density at radius 3 is 2.46 bits per heavy atom. The molecular weight excluding hydrogens is 406 g/mol. The molecule has 12 heteroatoms. The molecule has 26 heavy (non-hydrogen) atoms. The first kappa shape index (κ1) is 20.5. The second-order valence-corrected chi connectivity index (χ2v) is 9.46. The van der Waals surface area contributed by atoms with Crippen LogP contribution < -0.4 is 10.6 Å². The summed E-state index contributed by atoms with van der Waals surface area (Å²) in [6.07, 6.45) is 0. The number of halogens is 2. The Bertz CT molecular complexity index is 855. The molecule has 0 fully saturated rings. The van der Waals surface area contributed by atoms with Crippen molar-refractivity contribution in [3.63, 3.8) is 0 Å². The molecule has 0 radical (unpaired) electrons. The molecule has 7 nitrogen and oxygen atoms in total. The zero-order valence-electron chi connectivity index (χ0n) is 13.8. The average molecular weight is 423 g/mol. The van der Waals surface area contributed by atoms with E-state index in [0.717, 1.165) is 12.1 Å². The number of carbonyl (C=O) groups excluding carboxylic acids is 1. The highest BCUT2D eigenvalue weighted by molar-refractivity contribution is 8.01. The smallest absolute Gasteiger partial charge is 0.341 e. The van der Waals surface area contributed by atoms with Gasteiger partial charge in [0, 0.05) is 11.7 Å². The summed E-state index contributed by atoms with van der Waals surface area (Å²) in [5, 5.41) is 14.2. The van der Waals surface area contributed by atoms with Gasteiger partial charge in [-0.1, -0.05) is 23.1 Å². The lowest BCUT2D eigenvalue weighted by Gasteiger charge is -2.06. The highest BCUT2D eigenvalue weighted by Crippen LogP contribution is 2.26. The van der Waals surface area contributed by atoms with Crippen LogP contribution in [0, 0.1) is 0 Å². The predicted molar refractivity (Wildman–Crippen MR) is 97.7 cm³/mol. The van der Waals surface area contributed by atoms with E-state index in [1.165, 1.54) is 35.2 Å². The van der Waals surface area contributed by atoms with E-state index in [2.05, 4.69) is 20.8 Å². The summed E-state index contributed by atoms with van der Waals surface area (Å²) in [6, 6.07) is 4.79. The van der Waals surface area contributed by atoms with Gasteiger partial charge in [0.1, 0.15) is 0 Å². The van der Waals surface area contributed by atoms with E-state index in [1.807, 2.05) is 13.8 Å². The highest BCUT2D eigenvalue weighted by Gasteiger charge is 2.26. The number of hydrogen-bond donors (Lipinski definition) is 2. The van der Waals surface area contributed by atoms with E-state index in [0.29, 0.717) is 15.2 Å². The number of carbonyl (C=O) groups is 1. The lowest BCUT2D eigenvalue weighted by molar-refractivity contribution is -0.113. The lowest BCUT2D eigenvalue weighted by Crippen LogP contribution is -2.14. The van der Waals surface area contributed by atoms with Gasteiger partial charge in [-0.05, 0) is 38.1 Å². The number of rotatable bonds is 8. The third-order valence-corrected chi connectivity index (χ3v) is 6.23. The minimum atomic E-state index is -4.64. The van der Waals surface area contributed by atoms with Gasteiger partial charge in [-0.25, -0.2) is 8.42 Å². The van der Waals surface area contributed by atoms with Crippen LogP contribution in [-0.2, 0) is 14.6 Å². The van der Waals surface area contributed by atoms with Gasteiger partial charge in [-0.2, -0.15) is 8.78 Å². The van der Waals surface area contributed by atoms with Crippen molar-refractivity contribution in [3.8, 4) is 0 Å². The summed E-state index contributed by atoms with van der Waals surface area (Å²) in [7, 11) is -4.64. The van der Waals surface area contributed by atoms with Crippen molar-refractivity contribution in [1.29, 1.82) is 0 Å². The third kappa shape index (κ3) is 5.61. The number of aromatic nitrogens is 2. The van der Waals surface area contributed by atoms with Crippen molar-refractivity contribution < 1.29 is 22.0 Å². The second-order valence-electron chi connectivity index (χ2n) is 5.34. The van der Waals surface area contributed by atoms with Crippen LogP contribution in [-0.4, -0.2) is 42.1 Å². The SMILES string of the molecule is CC(C)Nc1nnc(SCC(=O)Nc2ccc(S(=O)(=O)C(F)F)cc2)s1. The zero-order valence-corrected chi connectivity index (χ0v) is 16.2. The number of nitrogens with zero attached hydrogens (tertiary/aromatic N) is 2. The summed E-state index contributed by atoms with van der Waals surface area (Å²) in [4.78, 5) is 11.4. The van der Waals surface area contributed by atoms with E-state index in [1.54, 1.807) is 0 Å². The maximum absolute atomic E-state index is 12.5. The average Bonchev–Trinajstić information content (AvgIpc) is 3.00. The molecule has 2 aromatic rings. The lowest BCUT2D eigenvalue weighted by atomic mass is 10.3. The minimum Gasteiger partial charge on any atom is -0.358 e. The summed E-state index contributed by atoms with van der Waals surface area (Å²) in [6.45, 7) is 3.94. The number of hydrogen-bond acceptors (Lipinski definition) is 8. The van der Waals surface area contributed by atoms with Crippen LogP contribution in [0.2, 0.25) is 0 Å². The molecule has 2 rings (SSSR count). The molecule has 0 atom stereocenters. The van der Waals surface area contributed by atoms with Gasteiger partial charge in [0.15, 0.2) is 4.34 Å². The first-order valence-corrected chi connectivity index (χ1v) is 10.7. The quantitative estimate of drug-likeness (QED) is 0.631. The molecule has 0 aliphatic rings. The standard InChI is InChI=1S/C14H16F2N4O3S3/c1-8(2)17-13-19-20-14(25-13)24-7-11(21)18-9-3-5-10(6-4-9)26(22,23)12(15)16/h3-6,8,12H,7H2,1-2H3,(H,17,19)(H,18,21). The molecule has 142 valence electrons. The molecule has 1 heterocycles. The Labute approximate surface area is 157 Å². The maximum Gasteiger partial charge on any atom is 0.341 e. The number of benzene rings is 1. The van der Waals surface area contributed by atoms with Gasteiger partial charge in [-0.3, -0.25) is 4.79 Å². The maximum atomic E-state index is 12.5. The predicted octanol–water partition coefficient (Wildman–Crippen LogP) is 3.09. The summed E-state index contributed by atoms with van der Waals surface area (Å²) in [5.41, 5.74) is 0.309. The van der Waals surface area contributed by atoms with E-state index in [4.69, 9.17) is 0 Å². The molecule has 0 aliphatic heterocycles. The van der Waals surface area contributed by atoms with Crippen LogP contribution in [0.3, 0.4) is 0 Å². The van der Waals surface area contributed by atoms with Crippen LogP contribution >= 0.6 is 23.1 Å². The number of alkyl halides is 2. The second kappa shape index (κ2) is 8.73. The van der Waals surface area contributed by atoms with E-state index in [-0.39, 0.29) is 17.7 Å². The monoisotopic (exact) mass is 422 g/mol. The first-order valence-electron chi connectivity index (χ1n) is 7.33. The molecule has 0 unspecified atom stereocenters. The number of nitrogens with one attached hydrogen (secondary N) is 2. The van der Waals surface area contributed by atoms with Crippen LogP contribution in [0.1, 0.15) is 13.8 Å². The Balaban J connectivity index is 1.89. The zero-order chi connectivity index (χ0) is 19.3. The third-order valence-electron chi connectivity index (χ3n) is 2.85. The van der Waals surface area contributed by atoms with E-state index in [9.17, 15) is 22.0 Å². The topological polar surface area (TPSA) is 101 Å². The van der Waals surface area contributed by atoms with Crippen molar-refractivity contribution in [2.45, 2.75) is 34.9 Å². The van der Waals surface area contributed by atoms with Crippen molar-refractivity contribution in [3.05, 3.63) is 24.3 Å². The molecular formula is C14H16F2N4O3S3. The summed E-state index contributed by atoms with van der Waals surface area (Å²) >= 11 is 2.53. The van der Waals surface area contributed by atoms with E-state index >= 15 is 0 Å². The molecule has 0 saturated heterocycles. The van der Waals surface area contributed by atoms with Crippen LogP contribution in [0.25, 0.3) is 0 Å². The number of amides is 1. The summed E-state index contributed by atoms with van der Waals surface area (Å²) in [5.74, 6) is -3.75. The fourth-order valence-corrected chi connectivity index (χ4v) is 4.15. The van der Waals surface area contributed by atoms with Crippen LogP contribution in [0.5, 0.6) is 0 Å². The Morgan fingerprint density at radius 1 is 1.23 bits per heavy atom. The Morgan fingerprint density at radius 2 is 1.88 bits per heavy atom. The van der Waals surface area contributed by atoms with Gasteiger partial charge in [-0.15, -0.1) is 10.2 Å². The normalized spacial score (nSPS) is 11.8. The fourth-order valence-electron chi connectivity index (χ4n) is 1.73. The van der Waals surface area contributed by atoms with Gasteiger partial charge in [0.05, 0.1) is 10.6 Å². The molecule has 0 aliphatic carbocycles. The number of anilines is 2. The van der Waals surface area contributed by atoms with E-state index < -0.39 is 20.5 Å². The van der Waals surface area contributed by atoms with Crippen molar-refractivity contribution in [1.82, 2.24) is 10.2 Å². The number of sulfone groups is 1. The first-order chi connectivity index (χ1) is 12.2. The molecule has 0 spiro atoms. The molecule has 1 aromatic heterocycles. The molecule has 0 saturated carbocycles. The largest absolute Gasteiger partial charge is 0.358 e. The van der Waals surface area contributed by atoms with Crippen LogP contribution in [0.4, 0.5) is 19.6 Å². The molecule has 2 N–H and O–H groups in total. The fraction of sp³-hybridized carbons (Fsp3) is 0.357. The van der Waals surface area contributed by atoms with Gasteiger partial charge >= 0.3 is 5.76 Å². The summed E-state index contributed by atoms with van der Waals surface area (Å²) < 4.78 is 48.2. The Kier molecular flexibility index (Phi) is 6.89. The van der Waals surface area contributed by atoms with Crippen molar-refractivity contribution in [2.24, 2.45) is 0 Å². The minimum absolute atomic E-state index is 0.0768. The van der Waals surface area contributed by atoms with Gasteiger partial charge < -0.3 is 10.6 Å². The molecule has 0 bridgehead atoms. The van der Waals surface area contributed by atoms with Gasteiger partial charge in [0.25, 0.3) is 0 Å². The van der Waals surface area contributed by atoms with Crippen molar-refractivity contribution >= 4 is 49.7 Å². The van der Waals surface area contributed by atoms with Crippen molar-refractivity contribution in [2.75, 3.05) is 16.4 Å². The number of thioether (sulfide) groups is 1. The Hall–Kier alpha value is -1.79. The van der Waals surface area contributed by atoms with Gasteiger partial charge in [0.2, 0.25) is 20.9 Å². The molecule has 1 aromatic carbocycles. The highest BCUT2D eigenvalue weighted by atomic mass is 32.2. The molecule has 1 amide bonds. The van der Waals surface area contributed by atoms with Crippen LogP contribution in [0.15, 0.2) is 33.5 Å².